The summed E-state index contributed by atoms with van der Waals surface area (Å²) in [5, 5.41) is 18.9. The third kappa shape index (κ3) is 11.0. The molecule has 0 spiro atoms. The average molecular weight is 870 g/mol. The molecule has 3 atom stereocenters. The maximum Gasteiger partial charge on any atom is 0.279 e. The quantitative estimate of drug-likeness (QED) is 0.0347. The van der Waals surface area contributed by atoms with Gasteiger partial charge in [0.25, 0.3) is 11.6 Å². The Morgan fingerprint density at radius 2 is 1.85 bits per heavy atom. The van der Waals surface area contributed by atoms with Crippen LogP contribution in [0.15, 0.2) is 90.1 Å². The van der Waals surface area contributed by atoms with Crippen LogP contribution in [-0.2, 0) is 8.92 Å². The molecule has 2 aliphatic heterocycles. The summed E-state index contributed by atoms with van der Waals surface area (Å²) in [7, 11) is 1.48. The first-order valence-electron chi connectivity index (χ1n) is 21.2. The van der Waals surface area contributed by atoms with Gasteiger partial charge in [0, 0.05) is 114 Å². The Bertz CT molecular complexity index is 2290. The Morgan fingerprint density at radius 3 is 2.64 bits per heavy atom. The van der Waals surface area contributed by atoms with Crippen LogP contribution in [-0.4, -0.2) is 103 Å². The zero-order valence-corrected chi connectivity index (χ0v) is 36.4. The number of carbonyl (C=O) groups excluding carboxylic acids is 1. The van der Waals surface area contributed by atoms with E-state index in [1.165, 1.54) is 12.6 Å². The van der Waals surface area contributed by atoms with Gasteiger partial charge in [-0.2, -0.15) is 0 Å². The van der Waals surface area contributed by atoms with Crippen LogP contribution in [0.3, 0.4) is 0 Å². The summed E-state index contributed by atoms with van der Waals surface area (Å²) >= 11 is 7.32. The maximum atomic E-state index is 13.7. The lowest BCUT2D eigenvalue weighted by molar-refractivity contribution is -0.427. The number of nitrogens with one attached hydrogen (secondary N) is 3. The molecule has 13 nitrogen and oxygen atoms in total. The first-order valence-corrected chi connectivity index (χ1v) is 22.3. The van der Waals surface area contributed by atoms with E-state index in [4.69, 9.17) is 25.3 Å². The lowest BCUT2D eigenvalue weighted by Crippen LogP contribution is -2.49. The first kappa shape index (κ1) is 43.0. The minimum Gasteiger partial charge on any atom is -0.455 e. The lowest BCUT2D eigenvalue weighted by atomic mass is 9.69. The second-order valence-electron chi connectivity index (χ2n) is 16.8. The van der Waals surface area contributed by atoms with Gasteiger partial charge < -0.3 is 35.1 Å². The standard InChI is InChI=1S/C46H54ClN7O6S/c1-46(56)15-11-34(40(26-46)32-3-5-35(47)6-4-32)29-53-17-19-54(20-18-53)36-7-9-39(43(24-36)60-37-23-33-12-16-48-44(33)50-28-37)45(55)51-30-59-61-38-8-10-41(42(25-38)52(2)57)49-27-31-13-21-58-22-14-31/h3-10,12,16,23-25,28,31,34,40,56H,11,13-15,17-22,26-27,29-30H2,1-2H3,(H2-,48,49,50,51,55,57)/p+1/t34-,40-,46+/m1/s1. The van der Waals surface area contributed by atoms with Gasteiger partial charge in [0.15, 0.2) is 7.05 Å². The number of hydrogen-bond donors (Lipinski definition) is 4. The van der Waals surface area contributed by atoms with Gasteiger partial charge in [0.2, 0.25) is 0 Å². The number of carbonyl (C=O) groups is 1. The van der Waals surface area contributed by atoms with Crippen LogP contribution in [0.4, 0.5) is 17.1 Å². The van der Waals surface area contributed by atoms with E-state index in [-0.39, 0.29) is 18.6 Å². The summed E-state index contributed by atoms with van der Waals surface area (Å²) in [4.78, 5) is 39.4. The first-order chi connectivity index (χ1) is 29.6. The van der Waals surface area contributed by atoms with Crippen molar-refractivity contribution in [2.75, 3.05) is 76.5 Å². The predicted molar refractivity (Wildman–Crippen MR) is 240 cm³/mol. The number of amides is 1. The molecule has 8 rings (SSSR count). The van der Waals surface area contributed by atoms with Gasteiger partial charge in [-0.3, -0.25) is 13.9 Å². The van der Waals surface area contributed by atoms with E-state index in [1.807, 2.05) is 61.7 Å². The van der Waals surface area contributed by atoms with E-state index in [9.17, 15) is 14.8 Å². The average Bonchev–Trinajstić information content (AvgIpc) is 3.74. The molecule has 1 amide bonds. The molecule has 0 unspecified atom stereocenters. The van der Waals surface area contributed by atoms with E-state index in [1.54, 1.807) is 18.3 Å². The van der Waals surface area contributed by atoms with Crippen molar-refractivity contribution in [2.24, 2.45) is 11.8 Å². The number of H-pyrrole nitrogens is 1. The zero-order chi connectivity index (χ0) is 42.3. The number of ether oxygens (including phenoxy) is 2. The molecule has 15 heteroatoms. The van der Waals surface area contributed by atoms with Crippen LogP contribution in [0.1, 0.15) is 60.9 Å². The van der Waals surface area contributed by atoms with Gasteiger partial charge >= 0.3 is 0 Å². The van der Waals surface area contributed by atoms with Crippen molar-refractivity contribution in [3.05, 3.63) is 106 Å². The predicted octanol–water partition coefficient (Wildman–Crippen LogP) is 8.76. The molecule has 3 aromatic carbocycles. The molecule has 1 aliphatic carbocycles. The van der Waals surface area contributed by atoms with Gasteiger partial charge in [-0.25, -0.2) is 4.98 Å². The second-order valence-corrected chi connectivity index (χ2v) is 18.1. The smallest absolute Gasteiger partial charge is 0.279 e. The maximum absolute atomic E-state index is 13.7. The van der Waals surface area contributed by atoms with Crippen molar-refractivity contribution in [2.45, 2.75) is 55.4 Å². The highest BCUT2D eigenvalue weighted by Gasteiger charge is 2.38. The number of rotatable bonds is 15. The number of piperazine rings is 1. The van der Waals surface area contributed by atoms with Crippen molar-refractivity contribution >= 4 is 57.6 Å². The van der Waals surface area contributed by atoms with E-state index >= 15 is 0 Å². The van der Waals surface area contributed by atoms with Crippen LogP contribution >= 0.6 is 23.6 Å². The minimum atomic E-state index is -0.672. The summed E-state index contributed by atoms with van der Waals surface area (Å²) in [6.07, 6.45) is 7.98. The number of hydrogen-bond acceptors (Lipinski definition) is 11. The zero-order valence-electron chi connectivity index (χ0n) is 34.8. The number of aromatic nitrogens is 2. The van der Waals surface area contributed by atoms with Gasteiger partial charge in [-0.1, -0.05) is 23.7 Å². The number of aromatic amines is 1. The molecule has 4 N–H and O–H groups in total. The fourth-order valence-corrected chi connectivity index (χ4v) is 9.49. The number of nitrogens with zero attached hydrogens (tertiary/aromatic N) is 4. The minimum absolute atomic E-state index is 0.0762. The van der Waals surface area contributed by atoms with Crippen molar-refractivity contribution in [1.29, 1.82) is 0 Å². The Labute approximate surface area is 366 Å². The second kappa shape index (κ2) is 19.6. The third-order valence-corrected chi connectivity index (χ3v) is 13.2. The SMILES string of the molecule is C[N+](=O)c1cc(SOCNC(=O)c2ccc(N3CCN(C[C@H]4CC[C@](C)(O)C[C@@H]4c4ccc(Cl)cc4)CC3)cc2Oc2cnc3[nH]ccc3c2)ccc1NCC1CCOCC1. The summed E-state index contributed by atoms with van der Waals surface area (Å²) in [5.41, 5.74) is 3.93. The van der Waals surface area contributed by atoms with Crippen LogP contribution in [0, 0.1) is 16.7 Å². The molecule has 4 heterocycles. The van der Waals surface area contributed by atoms with E-state index in [2.05, 4.69) is 42.5 Å². The van der Waals surface area contributed by atoms with Crippen molar-refractivity contribution in [3.63, 3.8) is 0 Å². The summed E-state index contributed by atoms with van der Waals surface area (Å²) < 4.78 is 18.6. The van der Waals surface area contributed by atoms with Gasteiger partial charge in [-0.15, -0.1) is 0 Å². The van der Waals surface area contributed by atoms with Crippen LogP contribution in [0.2, 0.25) is 5.02 Å². The summed E-state index contributed by atoms with van der Waals surface area (Å²) in [5.74, 6) is 1.78. The number of nitroso groups, excluding NO2 is 1. The number of halogens is 1. The van der Waals surface area contributed by atoms with E-state index < -0.39 is 5.60 Å². The Hall–Kier alpha value is -4.70. The van der Waals surface area contributed by atoms with E-state index in [0.717, 1.165) is 134 Å². The highest BCUT2D eigenvalue weighted by Crippen LogP contribution is 2.43. The normalized spacial score (nSPS) is 21.3. The molecule has 5 aromatic rings. The lowest BCUT2D eigenvalue weighted by Gasteiger charge is -2.44. The fourth-order valence-electron chi connectivity index (χ4n) is 8.83. The Balaban J connectivity index is 0.903. The van der Waals surface area contributed by atoms with Gasteiger partial charge in [0.05, 0.1) is 17.4 Å². The van der Waals surface area contributed by atoms with Crippen molar-refractivity contribution < 1.29 is 28.3 Å². The molecule has 61 heavy (non-hydrogen) atoms. The van der Waals surface area contributed by atoms with Crippen LogP contribution in [0.5, 0.6) is 11.5 Å². The number of aliphatic hydroxyl groups is 1. The number of anilines is 2. The highest BCUT2D eigenvalue weighted by atomic mass is 35.5. The fraction of sp³-hybridized carbons (Fsp3) is 0.435. The molecule has 322 valence electrons. The molecular weight excluding hydrogens is 814 g/mol. The number of fused-ring (bicyclic) bond motifs is 1. The molecular formula is C46H55ClN7O6S+. The largest absolute Gasteiger partial charge is 0.455 e. The van der Waals surface area contributed by atoms with Crippen LogP contribution in [0.25, 0.3) is 11.0 Å². The monoisotopic (exact) mass is 868 g/mol. The molecule has 2 aromatic heterocycles. The molecule has 2 saturated heterocycles. The summed E-state index contributed by atoms with van der Waals surface area (Å²) in [6.45, 7) is 8.59. The molecule has 0 radical (unpaired) electrons. The number of pyridine rings is 1. The summed E-state index contributed by atoms with van der Waals surface area (Å²) in [6, 6.07) is 23.2. The molecule has 3 aliphatic rings. The van der Waals surface area contributed by atoms with Crippen LogP contribution < -0.4 is 20.3 Å². The van der Waals surface area contributed by atoms with Crippen molar-refractivity contribution in [1.82, 2.24) is 20.2 Å². The van der Waals surface area contributed by atoms with E-state index in [0.29, 0.717) is 34.6 Å². The topological polar surface area (TPSA) is 144 Å². The highest BCUT2D eigenvalue weighted by molar-refractivity contribution is 7.94. The molecule has 1 saturated carbocycles. The Morgan fingerprint density at radius 1 is 1.05 bits per heavy atom. The van der Waals surface area contributed by atoms with Crippen molar-refractivity contribution in [3.8, 4) is 11.5 Å². The molecule has 0 bridgehead atoms. The molecule has 3 fully saturated rings. The van der Waals surface area contributed by atoms with Gasteiger partial charge in [0.1, 0.15) is 29.6 Å². The number of benzene rings is 3. The Kier molecular flexibility index (Phi) is 13.8. The third-order valence-electron chi connectivity index (χ3n) is 12.3. The van der Waals surface area contributed by atoms with Gasteiger partial charge in [-0.05, 0) is 111 Å².